The van der Waals surface area contributed by atoms with Crippen LogP contribution in [0.15, 0.2) is 41.2 Å². The molecule has 25 heavy (non-hydrogen) atoms. The molecule has 1 aliphatic heterocycles. The Hall–Kier alpha value is -2.50. The molecule has 2 aromatic heterocycles. The summed E-state index contributed by atoms with van der Waals surface area (Å²) in [5.74, 6) is 1.99. The summed E-state index contributed by atoms with van der Waals surface area (Å²) in [4.78, 5) is 23.3. The Morgan fingerprint density at radius 1 is 1.20 bits per heavy atom. The van der Waals surface area contributed by atoms with Crippen LogP contribution in [0.4, 0.5) is 0 Å². The second-order valence-corrected chi connectivity index (χ2v) is 6.78. The number of likely N-dealkylation sites (tertiary alicyclic amines) is 1. The summed E-state index contributed by atoms with van der Waals surface area (Å²) in [5, 5.41) is 4.15. The Morgan fingerprint density at radius 3 is 2.80 bits per heavy atom. The minimum atomic E-state index is 0.170. The summed E-state index contributed by atoms with van der Waals surface area (Å²) >= 11 is 0. The highest BCUT2D eigenvalue weighted by Crippen LogP contribution is 2.29. The zero-order valence-electron chi connectivity index (χ0n) is 14.2. The normalized spacial score (nSPS) is 21.4. The van der Waals surface area contributed by atoms with Gasteiger partial charge >= 0.3 is 0 Å². The lowest BCUT2D eigenvalue weighted by molar-refractivity contribution is -0.136. The molecule has 1 amide bonds. The summed E-state index contributed by atoms with van der Waals surface area (Å²) in [5.41, 5.74) is 0.833. The number of hydrogen-bond donors (Lipinski definition) is 0. The zero-order valence-corrected chi connectivity index (χ0v) is 14.2. The monoisotopic (exact) mass is 338 g/mol. The van der Waals surface area contributed by atoms with Crippen LogP contribution in [0, 0.1) is 5.92 Å². The van der Waals surface area contributed by atoms with Crippen LogP contribution in [-0.2, 0) is 4.79 Å². The Morgan fingerprint density at radius 2 is 2.08 bits per heavy atom. The summed E-state index contributed by atoms with van der Waals surface area (Å²) < 4.78 is 5.38. The van der Waals surface area contributed by atoms with Crippen molar-refractivity contribution in [1.82, 2.24) is 20.0 Å². The number of carbonyl (C=O) groups is 1. The topological polar surface area (TPSA) is 72.1 Å². The lowest BCUT2D eigenvalue weighted by atomic mass is 9.90. The maximum Gasteiger partial charge on any atom is 0.259 e. The van der Waals surface area contributed by atoms with Gasteiger partial charge in [0.25, 0.3) is 5.89 Å². The minimum Gasteiger partial charge on any atom is -0.342 e. The van der Waals surface area contributed by atoms with Crippen LogP contribution in [-0.4, -0.2) is 39.0 Å². The van der Waals surface area contributed by atoms with Crippen LogP contribution in [0.1, 0.15) is 43.8 Å². The van der Waals surface area contributed by atoms with Gasteiger partial charge < -0.3 is 9.42 Å². The van der Waals surface area contributed by atoms with Crippen molar-refractivity contribution in [2.24, 2.45) is 5.92 Å². The largest absolute Gasteiger partial charge is 0.342 e. The fourth-order valence-corrected chi connectivity index (χ4v) is 3.64. The Balaban J connectivity index is 1.37. The predicted molar refractivity (Wildman–Crippen MR) is 92.6 cm³/mol. The van der Waals surface area contributed by atoms with Crippen LogP contribution in [0.25, 0.3) is 11.5 Å². The number of amides is 1. The first-order valence-corrected chi connectivity index (χ1v) is 8.99. The maximum atomic E-state index is 12.6. The van der Waals surface area contributed by atoms with Gasteiger partial charge in [0.05, 0.1) is 5.56 Å². The van der Waals surface area contributed by atoms with Gasteiger partial charge in [0.15, 0.2) is 5.82 Å². The molecule has 2 aromatic rings. The number of nitrogens with zero attached hydrogens (tertiary/aromatic N) is 4. The Bertz CT molecular complexity index is 748. The molecule has 1 atom stereocenters. The van der Waals surface area contributed by atoms with E-state index in [0.29, 0.717) is 11.8 Å². The third-order valence-corrected chi connectivity index (χ3v) is 5.14. The molecule has 0 radical (unpaired) electrons. The van der Waals surface area contributed by atoms with Crippen molar-refractivity contribution in [2.45, 2.75) is 38.0 Å². The highest BCUT2D eigenvalue weighted by Gasteiger charge is 2.30. The van der Waals surface area contributed by atoms with Gasteiger partial charge in [-0.2, -0.15) is 4.98 Å². The lowest BCUT2D eigenvalue weighted by Gasteiger charge is -2.33. The number of carbonyl (C=O) groups excluding carboxylic acids is 1. The SMILES string of the molecule is O=C(C1CC=CCC1)N1CCC(c2noc(-c3cccnc3)n2)CC1. The molecule has 1 fully saturated rings. The second-order valence-electron chi connectivity index (χ2n) is 6.78. The Kier molecular flexibility index (Phi) is 4.59. The van der Waals surface area contributed by atoms with Crippen molar-refractivity contribution < 1.29 is 9.32 Å². The highest BCUT2D eigenvalue weighted by atomic mass is 16.5. The van der Waals surface area contributed by atoms with Gasteiger partial charge in [-0.25, -0.2) is 0 Å². The molecule has 6 heteroatoms. The quantitative estimate of drug-likeness (QED) is 0.804. The first-order valence-electron chi connectivity index (χ1n) is 8.99. The summed E-state index contributed by atoms with van der Waals surface area (Å²) in [6.07, 6.45) is 12.4. The van der Waals surface area contributed by atoms with Gasteiger partial charge in [-0.05, 0) is 44.2 Å². The van der Waals surface area contributed by atoms with Crippen LogP contribution in [0.2, 0.25) is 0 Å². The van der Waals surface area contributed by atoms with E-state index in [2.05, 4.69) is 27.3 Å². The van der Waals surface area contributed by atoms with Gasteiger partial charge in [0.2, 0.25) is 5.91 Å². The standard InChI is InChI=1S/C19H22N4O2/c24-19(15-5-2-1-3-6-15)23-11-8-14(9-12-23)17-21-18(25-22-17)16-7-4-10-20-13-16/h1-2,4,7,10,13-15H,3,5-6,8-9,11-12H2. The molecule has 0 saturated carbocycles. The molecule has 2 aliphatic rings. The highest BCUT2D eigenvalue weighted by molar-refractivity contribution is 5.79. The van der Waals surface area contributed by atoms with E-state index < -0.39 is 0 Å². The third-order valence-electron chi connectivity index (χ3n) is 5.14. The molecular formula is C19H22N4O2. The smallest absolute Gasteiger partial charge is 0.259 e. The van der Waals surface area contributed by atoms with Crippen LogP contribution in [0.3, 0.4) is 0 Å². The summed E-state index contributed by atoms with van der Waals surface area (Å²) in [6, 6.07) is 3.76. The predicted octanol–water partition coefficient (Wildman–Crippen LogP) is 3.19. The molecule has 0 spiro atoms. The fraction of sp³-hybridized carbons (Fsp3) is 0.474. The fourth-order valence-electron chi connectivity index (χ4n) is 3.64. The van der Waals surface area contributed by atoms with E-state index in [1.54, 1.807) is 12.4 Å². The first kappa shape index (κ1) is 16.0. The number of aromatic nitrogens is 3. The van der Waals surface area contributed by atoms with E-state index in [-0.39, 0.29) is 11.8 Å². The number of allylic oxidation sites excluding steroid dienone is 2. The zero-order chi connectivity index (χ0) is 17.1. The van der Waals surface area contributed by atoms with Crippen LogP contribution in [0.5, 0.6) is 0 Å². The van der Waals surface area contributed by atoms with Gasteiger partial charge in [-0.1, -0.05) is 17.3 Å². The first-order chi connectivity index (χ1) is 12.3. The molecule has 1 saturated heterocycles. The maximum absolute atomic E-state index is 12.6. The minimum absolute atomic E-state index is 0.170. The third kappa shape index (κ3) is 3.48. The molecule has 0 bridgehead atoms. The van der Waals surface area contributed by atoms with Gasteiger partial charge in [0, 0.05) is 37.3 Å². The molecular weight excluding hydrogens is 316 g/mol. The van der Waals surface area contributed by atoms with Gasteiger partial charge in [-0.15, -0.1) is 0 Å². The molecule has 1 unspecified atom stereocenters. The molecule has 3 heterocycles. The van der Waals surface area contributed by atoms with E-state index in [9.17, 15) is 4.79 Å². The van der Waals surface area contributed by atoms with Crippen molar-refractivity contribution in [3.63, 3.8) is 0 Å². The average molecular weight is 338 g/mol. The van der Waals surface area contributed by atoms with Crippen molar-refractivity contribution in [2.75, 3.05) is 13.1 Å². The number of pyridine rings is 1. The van der Waals surface area contributed by atoms with Gasteiger partial charge in [0.1, 0.15) is 0 Å². The summed E-state index contributed by atoms with van der Waals surface area (Å²) in [7, 11) is 0. The summed E-state index contributed by atoms with van der Waals surface area (Å²) in [6.45, 7) is 1.56. The van der Waals surface area contributed by atoms with E-state index in [1.807, 2.05) is 17.0 Å². The molecule has 1 aliphatic carbocycles. The van der Waals surface area contributed by atoms with Crippen molar-refractivity contribution in [3.05, 3.63) is 42.5 Å². The number of piperidine rings is 1. The van der Waals surface area contributed by atoms with Crippen molar-refractivity contribution in [3.8, 4) is 11.5 Å². The molecule has 0 aromatic carbocycles. The van der Waals surface area contributed by atoms with Crippen LogP contribution < -0.4 is 0 Å². The Labute approximate surface area is 146 Å². The van der Waals surface area contributed by atoms with Gasteiger partial charge in [-0.3, -0.25) is 9.78 Å². The van der Waals surface area contributed by atoms with E-state index in [0.717, 1.165) is 56.6 Å². The number of rotatable bonds is 3. The lowest BCUT2D eigenvalue weighted by Crippen LogP contribution is -2.41. The molecule has 0 N–H and O–H groups in total. The average Bonchev–Trinajstić information content (AvgIpc) is 3.19. The van der Waals surface area contributed by atoms with E-state index >= 15 is 0 Å². The number of hydrogen-bond acceptors (Lipinski definition) is 5. The van der Waals surface area contributed by atoms with E-state index in [1.165, 1.54) is 0 Å². The molecule has 6 nitrogen and oxygen atoms in total. The van der Waals surface area contributed by atoms with Crippen LogP contribution >= 0.6 is 0 Å². The second kappa shape index (κ2) is 7.17. The molecule has 130 valence electrons. The van der Waals surface area contributed by atoms with E-state index in [4.69, 9.17) is 4.52 Å². The molecule has 4 rings (SSSR count). The van der Waals surface area contributed by atoms with Crippen molar-refractivity contribution >= 4 is 5.91 Å². The van der Waals surface area contributed by atoms with Crippen molar-refractivity contribution in [1.29, 1.82) is 0 Å².